The number of ketones is 1. The third kappa shape index (κ3) is 4.50. The van der Waals surface area contributed by atoms with Crippen molar-refractivity contribution in [2.45, 2.75) is 6.42 Å². The van der Waals surface area contributed by atoms with Crippen LogP contribution in [-0.2, 0) is 6.42 Å². The fourth-order valence-corrected chi connectivity index (χ4v) is 2.98. The summed E-state index contributed by atoms with van der Waals surface area (Å²) >= 11 is 0. The molecule has 0 aliphatic carbocycles. The summed E-state index contributed by atoms with van der Waals surface area (Å²) in [4.78, 5) is 19.8. The highest BCUT2D eigenvalue weighted by molar-refractivity contribution is 6.01. The highest BCUT2D eigenvalue weighted by Crippen LogP contribution is 2.33. The molecule has 0 spiro atoms. The molecule has 7 heteroatoms. The Bertz CT molecular complexity index is 1160. The van der Waals surface area contributed by atoms with Gasteiger partial charge in [0.15, 0.2) is 17.3 Å². The van der Waals surface area contributed by atoms with Gasteiger partial charge in [0.1, 0.15) is 5.82 Å². The first-order valence-electron chi connectivity index (χ1n) is 9.02. The van der Waals surface area contributed by atoms with Gasteiger partial charge in [-0.1, -0.05) is 30.0 Å². The number of ether oxygens (including phenoxy) is 2. The van der Waals surface area contributed by atoms with E-state index in [9.17, 15) is 4.79 Å². The summed E-state index contributed by atoms with van der Waals surface area (Å²) in [5.74, 6) is 7.27. The van der Waals surface area contributed by atoms with E-state index >= 15 is 0 Å². The van der Waals surface area contributed by atoms with E-state index in [1.807, 2.05) is 18.2 Å². The fourth-order valence-electron chi connectivity index (χ4n) is 2.98. The number of aromatic nitrogens is 2. The van der Waals surface area contributed by atoms with Crippen LogP contribution in [0.4, 0.5) is 11.8 Å². The van der Waals surface area contributed by atoms with Gasteiger partial charge in [-0.15, -0.1) is 0 Å². The van der Waals surface area contributed by atoms with Gasteiger partial charge >= 0.3 is 0 Å². The highest BCUT2D eigenvalue weighted by atomic mass is 16.5. The quantitative estimate of drug-likeness (QED) is 0.499. The van der Waals surface area contributed by atoms with E-state index in [4.69, 9.17) is 20.9 Å². The lowest BCUT2D eigenvalue weighted by Gasteiger charge is -2.13. The molecule has 0 saturated heterocycles. The first-order chi connectivity index (χ1) is 14.4. The van der Waals surface area contributed by atoms with Crippen molar-refractivity contribution < 1.29 is 14.3 Å². The number of hydrogen-bond acceptors (Lipinski definition) is 7. The Morgan fingerprint density at radius 3 is 2.50 bits per heavy atom. The van der Waals surface area contributed by atoms with Crippen LogP contribution >= 0.6 is 0 Å². The molecule has 2 aromatic carbocycles. The van der Waals surface area contributed by atoms with Crippen molar-refractivity contribution in [3.8, 4) is 23.3 Å². The molecule has 7 nitrogen and oxygen atoms in total. The summed E-state index contributed by atoms with van der Waals surface area (Å²) in [6, 6.07) is 10.8. The number of anilines is 2. The Balaban J connectivity index is 2.06. The average molecular weight is 401 g/mol. The number of nitrogen functional groups attached to an aromatic ring is 2. The number of hydrogen-bond donors (Lipinski definition) is 2. The summed E-state index contributed by atoms with van der Waals surface area (Å²) in [6.07, 6.45) is 2.05. The zero-order valence-electron chi connectivity index (χ0n) is 16.7. The van der Waals surface area contributed by atoms with Crippen molar-refractivity contribution in [3.63, 3.8) is 0 Å². The SMILES string of the molecule is [CH2]C(=O)c1ccccc1C#Cc1cc(Cc2cnc(N)nc2N)cc(OC)c1OC. The average Bonchev–Trinajstić information content (AvgIpc) is 2.73. The second-order valence-corrected chi connectivity index (χ2v) is 6.41. The second-order valence-electron chi connectivity index (χ2n) is 6.41. The minimum atomic E-state index is -0.294. The maximum absolute atomic E-state index is 11.8. The minimum Gasteiger partial charge on any atom is -0.493 e. The molecule has 1 radical (unpaired) electrons. The largest absolute Gasteiger partial charge is 0.493 e. The number of carbonyl (C=O) groups is 1. The number of nitrogens with zero attached hydrogens (tertiary/aromatic N) is 2. The molecule has 0 amide bonds. The molecular weight excluding hydrogens is 380 g/mol. The van der Waals surface area contributed by atoms with E-state index < -0.39 is 0 Å². The first kappa shape index (κ1) is 20.7. The van der Waals surface area contributed by atoms with Gasteiger partial charge in [-0.2, -0.15) is 4.98 Å². The lowest BCUT2D eigenvalue weighted by atomic mass is 10.0. The molecule has 151 valence electrons. The van der Waals surface area contributed by atoms with Crippen LogP contribution in [-0.4, -0.2) is 30.0 Å². The number of benzene rings is 2. The van der Waals surface area contributed by atoms with Crippen LogP contribution in [0.1, 0.15) is 32.6 Å². The Kier molecular flexibility index (Phi) is 6.18. The van der Waals surface area contributed by atoms with Gasteiger partial charge < -0.3 is 20.9 Å². The Morgan fingerprint density at radius 2 is 1.83 bits per heavy atom. The van der Waals surface area contributed by atoms with Gasteiger partial charge in [-0.05, 0) is 23.8 Å². The van der Waals surface area contributed by atoms with Crippen LogP contribution in [0.5, 0.6) is 11.5 Å². The van der Waals surface area contributed by atoms with Gasteiger partial charge in [-0.3, -0.25) is 4.79 Å². The van der Waals surface area contributed by atoms with Gasteiger partial charge in [0.05, 0.1) is 19.8 Å². The first-order valence-corrected chi connectivity index (χ1v) is 9.02. The van der Waals surface area contributed by atoms with Crippen LogP contribution in [0.25, 0.3) is 0 Å². The molecule has 0 aliphatic rings. The smallest absolute Gasteiger partial charge is 0.221 e. The van der Waals surface area contributed by atoms with Crippen molar-refractivity contribution in [2.24, 2.45) is 0 Å². The second kappa shape index (κ2) is 8.97. The van der Waals surface area contributed by atoms with Crippen LogP contribution in [0.2, 0.25) is 0 Å². The molecule has 3 aromatic rings. The summed E-state index contributed by atoms with van der Waals surface area (Å²) in [7, 11) is 3.10. The maximum atomic E-state index is 11.8. The van der Waals surface area contributed by atoms with E-state index in [1.54, 1.807) is 38.6 Å². The number of nitrogens with two attached hydrogens (primary N) is 2. The van der Waals surface area contributed by atoms with Gasteiger partial charge in [-0.25, -0.2) is 4.98 Å². The number of rotatable bonds is 5. The standard InChI is InChI=1S/C23H21N4O3/c1-14(28)19-7-5-4-6-16(19)8-9-17-10-15(12-20(29-2)21(17)30-3)11-18-13-26-23(25)27-22(18)24/h4-7,10,12-13H,1,11H2,2-3H3,(H4,24,25,26,27). The van der Waals surface area contributed by atoms with Gasteiger partial charge in [0.25, 0.3) is 0 Å². The zero-order valence-corrected chi connectivity index (χ0v) is 16.7. The lowest BCUT2D eigenvalue weighted by molar-refractivity contribution is 0.104. The van der Waals surface area contributed by atoms with Crippen LogP contribution in [0.3, 0.4) is 0 Å². The third-order valence-electron chi connectivity index (χ3n) is 4.41. The number of carbonyl (C=O) groups excluding carboxylic acids is 1. The Morgan fingerprint density at radius 1 is 1.10 bits per heavy atom. The van der Waals surface area contributed by atoms with E-state index in [-0.39, 0.29) is 11.7 Å². The molecule has 0 fully saturated rings. The van der Waals surface area contributed by atoms with Gasteiger partial charge in [0.2, 0.25) is 5.95 Å². The predicted octanol–water partition coefficient (Wildman–Crippen LogP) is 2.67. The summed E-state index contributed by atoms with van der Waals surface area (Å²) in [5, 5.41) is 0. The molecule has 0 aliphatic heterocycles. The summed E-state index contributed by atoms with van der Waals surface area (Å²) < 4.78 is 11.0. The molecule has 0 unspecified atom stereocenters. The molecule has 30 heavy (non-hydrogen) atoms. The normalized spacial score (nSPS) is 10.1. The van der Waals surface area contributed by atoms with Crippen molar-refractivity contribution in [1.29, 1.82) is 0 Å². The molecule has 0 bridgehead atoms. The maximum Gasteiger partial charge on any atom is 0.221 e. The van der Waals surface area contributed by atoms with Crippen LogP contribution in [0, 0.1) is 18.8 Å². The monoisotopic (exact) mass is 401 g/mol. The van der Waals surface area contributed by atoms with E-state index in [1.165, 1.54) is 0 Å². The molecule has 4 N–H and O–H groups in total. The molecule has 3 rings (SSSR count). The molecule has 1 heterocycles. The topological polar surface area (TPSA) is 113 Å². The Labute approximate surface area is 175 Å². The van der Waals surface area contributed by atoms with Crippen molar-refractivity contribution in [1.82, 2.24) is 9.97 Å². The lowest BCUT2D eigenvalue weighted by Crippen LogP contribution is -2.04. The number of Topliss-reactive ketones (excluding diaryl/α,β-unsaturated/α-hetero) is 1. The summed E-state index contributed by atoms with van der Waals surface area (Å²) in [5.41, 5.74) is 14.8. The fraction of sp³-hybridized carbons (Fsp3) is 0.130. The van der Waals surface area contributed by atoms with Crippen molar-refractivity contribution in [3.05, 3.63) is 77.3 Å². The number of methoxy groups -OCH3 is 2. The van der Waals surface area contributed by atoms with E-state index in [2.05, 4.69) is 28.7 Å². The Hall–Kier alpha value is -4.05. The molecule has 0 atom stereocenters. The zero-order chi connectivity index (χ0) is 21.7. The minimum absolute atomic E-state index is 0.119. The van der Waals surface area contributed by atoms with Gasteiger partial charge in [0, 0.05) is 36.2 Å². The molecule has 0 saturated carbocycles. The van der Waals surface area contributed by atoms with Crippen LogP contribution < -0.4 is 20.9 Å². The van der Waals surface area contributed by atoms with Crippen molar-refractivity contribution >= 4 is 17.5 Å². The van der Waals surface area contributed by atoms with E-state index in [0.717, 1.165) is 11.1 Å². The summed E-state index contributed by atoms with van der Waals surface area (Å²) in [6.45, 7) is 3.48. The molecular formula is C23H21N4O3. The third-order valence-corrected chi connectivity index (χ3v) is 4.41. The molecule has 1 aromatic heterocycles. The van der Waals surface area contributed by atoms with E-state index in [0.29, 0.717) is 40.4 Å². The predicted molar refractivity (Wildman–Crippen MR) is 115 cm³/mol. The van der Waals surface area contributed by atoms with Crippen LogP contribution in [0.15, 0.2) is 42.6 Å². The highest BCUT2D eigenvalue weighted by Gasteiger charge is 2.13. The van der Waals surface area contributed by atoms with Crippen molar-refractivity contribution in [2.75, 3.05) is 25.7 Å².